The summed E-state index contributed by atoms with van der Waals surface area (Å²) in [6.45, 7) is 3.39. The number of pyridine rings is 2. The van der Waals surface area contributed by atoms with E-state index in [1.165, 1.54) is 10.9 Å². The van der Waals surface area contributed by atoms with E-state index in [1.54, 1.807) is 0 Å². The lowest BCUT2D eigenvalue weighted by Crippen LogP contribution is -2.03. The third-order valence-corrected chi connectivity index (χ3v) is 3.41. The second-order valence-electron chi connectivity index (χ2n) is 4.97. The molecule has 0 aliphatic heterocycles. The van der Waals surface area contributed by atoms with Crippen LogP contribution in [0.1, 0.15) is 17.0 Å². The molecule has 0 saturated heterocycles. The summed E-state index contributed by atoms with van der Waals surface area (Å²) in [6.07, 6.45) is 4.85. The van der Waals surface area contributed by atoms with Gasteiger partial charge in [0.25, 0.3) is 0 Å². The standard InChI is InChI=1S/C16H18N4/c1-12-4-2-5-14(19-12)11-20-10-13(7-8-17)15-6-3-9-18-16(15)20/h2-6,9-10H,7-8,11,17H2,1H3. The number of fused-ring (bicyclic) bond motifs is 1. The lowest BCUT2D eigenvalue weighted by Gasteiger charge is -2.04. The van der Waals surface area contributed by atoms with Crippen LogP contribution in [0.5, 0.6) is 0 Å². The minimum Gasteiger partial charge on any atom is -0.330 e. The van der Waals surface area contributed by atoms with Gasteiger partial charge in [0, 0.05) is 23.5 Å². The van der Waals surface area contributed by atoms with Crippen LogP contribution in [-0.2, 0) is 13.0 Å². The molecular formula is C16H18N4. The van der Waals surface area contributed by atoms with Crippen molar-refractivity contribution < 1.29 is 0 Å². The Morgan fingerprint density at radius 1 is 1.20 bits per heavy atom. The van der Waals surface area contributed by atoms with Gasteiger partial charge in [0.15, 0.2) is 0 Å². The maximum absolute atomic E-state index is 5.69. The van der Waals surface area contributed by atoms with E-state index in [2.05, 4.69) is 26.8 Å². The van der Waals surface area contributed by atoms with Crippen LogP contribution in [0.15, 0.2) is 42.7 Å². The molecule has 2 N–H and O–H groups in total. The average Bonchev–Trinajstić information content (AvgIpc) is 2.78. The predicted molar refractivity (Wildman–Crippen MR) is 80.6 cm³/mol. The van der Waals surface area contributed by atoms with E-state index >= 15 is 0 Å². The largest absolute Gasteiger partial charge is 0.330 e. The predicted octanol–water partition coefficient (Wildman–Crippen LogP) is 2.29. The van der Waals surface area contributed by atoms with Crippen LogP contribution in [0.3, 0.4) is 0 Å². The molecule has 3 aromatic heterocycles. The van der Waals surface area contributed by atoms with Crippen molar-refractivity contribution in [3.8, 4) is 0 Å². The van der Waals surface area contributed by atoms with Crippen molar-refractivity contribution in [3.05, 3.63) is 59.7 Å². The summed E-state index contributed by atoms with van der Waals surface area (Å²) in [5.41, 5.74) is 10.0. The first-order chi connectivity index (χ1) is 9.78. The Morgan fingerprint density at radius 2 is 2.10 bits per heavy atom. The van der Waals surface area contributed by atoms with Crippen molar-refractivity contribution in [1.82, 2.24) is 14.5 Å². The number of aryl methyl sites for hydroxylation is 1. The van der Waals surface area contributed by atoms with Crippen LogP contribution in [0.2, 0.25) is 0 Å². The highest BCUT2D eigenvalue weighted by atomic mass is 15.0. The molecule has 0 atom stereocenters. The molecule has 20 heavy (non-hydrogen) atoms. The lowest BCUT2D eigenvalue weighted by molar-refractivity contribution is 0.787. The van der Waals surface area contributed by atoms with Gasteiger partial charge in [-0.25, -0.2) is 4.98 Å². The van der Waals surface area contributed by atoms with Crippen molar-refractivity contribution in [2.24, 2.45) is 5.73 Å². The van der Waals surface area contributed by atoms with E-state index in [1.807, 2.05) is 37.4 Å². The molecule has 0 saturated carbocycles. The van der Waals surface area contributed by atoms with Crippen LogP contribution >= 0.6 is 0 Å². The highest BCUT2D eigenvalue weighted by Gasteiger charge is 2.09. The first-order valence-electron chi connectivity index (χ1n) is 6.83. The number of nitrogens with two attached hydrogens (primary N) is 1. The van der Waals surface area contributed by atoms with Crippen LogP contribution in [0.4, 0.5) is 0 Å². The minimum absolute atomic E-state index is 0.650. The molecule has 3 heterocycles. The fraction of sp³-hybridized carbons (Fsp3) is 0.250. The number of rotatable bonds is 4. The summed E-state index contributed by atoms with van der Waals surface area (Å²) in [4.78, 5) is 9.05. The fourth-order valence-electron chi connectivity index (χ4n) is 2.53. The zero-order valence-electron chi connectivity index (χ0n) is 11.6. The smallest absolute Gasteiger partial charge is 0.140 e. The monoisotopic (exact) mass is 266 g/mol. The van der Waals surface area contributed by atoms with Gasteiger partial charge in [-0.2, -0.15) is 0 Å². The van der Waals surface area contributed by atoms with Crippen LogP contribution in [0.25, 0.3) is 11.0 Å². The summed E-state index contributed by atoms with van der Waals surface area (Å²) in [5, 5.41) is 1.19. The molecule has 0 unspecified atom stereocenters. The van der Waals surface area contributed by atoms with Gasteiger partial charge in [0.1, 0.15) is 5.65 Å². The summed E-state index contributed by atoms with van der Waals surface area (Å²) in [5.74, 6) is 0. The van der Waals surface area contributed by atoms with Gasteiger partial charge < -0.3 is 10.3 Å². The summed E-state index contributed by atoms with van der Waals surface area (Å²) in [7, 11) is 0. The molecule has 0 spiro atoms. The average molecular weight is 266 g/mol. The Kier molecular flexibility index (Phi) is 3.48. The number of nitrogens with zero attached hydrogens (tertiary/aromatic N) is 3. The van der Waals surface area contributed by atoms with Gasteiger partial charge in [-0.15, -0.1) is 0 Å². The molecule has 0 radical (unpaired) electrons. The van der Waals surface area contributed by atoms with Gasteiger partial charge in [0.05, 0.1) is 12.2 Å². The topological polar surface area (TPSA) is 56.7 Å². The molecule has 0 aliphatic carbocycles. The third-order valence-electron chi connectivity index (χ3n) is 3.41. The van der Waals surface area contributed by atoms with E-state index in [4.69, 9.17) is 5.73 Å². The van der Waals surface area contributed by atoms with Gasteiger partial charge in [-0.3, -0.25) is 4.98 Å². The number of hydrogen-bond acceptors (Lipinski definition) is 3. The molecule has 4 heteroatoms. The Bertz CT molecular complexity index is 730. The first kappa shape index (κ1) is 12.8. The normalized spacial score (nSPS) is 11.1. The van der Waals surface area contributed by atoms with E-state index in [0.29, 0.717) is 6.54 Å². The van der Waals surface area contributed by atoms with E-state index in [9.17, 15) is 0 Å². The molecular weight excluding hydrogens is 248 g/mol. The van der Waals surface area contributed by atoms with Crippen molar-refractivity contribution in [2.75, 3.05) is 6.54 Å². The quantitative estimate of drug-likeness (QED) is 0.788. The van der Waals surface area contributed by atoms with Crippen LogP contribution in [-0.4, -0.2) is 21.1 Å². The van der Waals surface area contributed by atoms with E-state index in [-0.39, 0.29) is 0 Å². The summed E-state index contributed by atoms with van der Waals surface area (Å²) < 4.78 is 2.15. The van der Waals surface area contributed by atoms with Gasteiger partial charge in [-0.1, -0.05) is 6.07 Å². The lowest BCUT2D eigenvalue weighted by atomic mass is 10.2. The third kappa shape index (κ3) is 2.42. The maximum Gasteiger partial charge on any atom is 0.140 e. The molecule has 102 valence electrons. The first-order valence-corrected chi connectivity index (χ1v) is 6.83. The van der Waals surface area contributed by atoms with Crippen molar-refractivity contribution in [2.45, 2.75) is 19.9 Å². The Morgan fingerprint density at radius 3 is 2.90 bits per heavy atom. The van der Waals surface area contributed by atoms with Crippen molar-refractivity contribution in [1.29, 1.82) is 0 Å². The van der Waals surface area contributed by atoms with E-state index in [0.717, 1.165) is 30.0 Å². The zero-order chi connectivity index (χ0) is 13.9. The number of hydrogen-bond donors (Lipinski definition) is 1. The second kappa shape index (κ2) is 5.43. The highest BCUT2D eigenvalue weighted by Crippen LogP contribution is 2.20. The molecule has 3 rings (SSSR count). The minimum atomic E-state index is 0.650. The maximum atomic E-state index is 5.69. The molecule has 0 aliphatic rings. The Balaban J connectivity index is 2.03. The number of aromatic nitrogens is 3. The Hall–Kier alpha value is -2.20. The van der Waals surface area contributed by atoms with Gasteiger partial charge in [0.2, 0.25) is 0 Å². The van der Waals surface area contributed by atoms with Crippen LogP contribution < -0.4 is 5.73 Å². The summed E-state index contributed by atoms with van der Waals surface area (Å²) >= 11 is 0. The second-order valence-corrected chi connectivity index (χ2v) is 4.97. The molecule has 3 aromatic rings. The molecule has 0 fully saturated rings. The molecule has 0 bridgehead atoms. The van der Waals surface area contributed by atoms with E-state index < -0.39 is 0 Å². The van der Waals surface area contributed by atoms with Crippen molar-refractivity contribution in [3.63, 3.8) is 0 Å². The van der Waals surface area contributed by atoms with Gasteiger partial charge in [-0.05, 0) is 49.7 Å². The zero-order valence-corrected chi connectivity index (χ0v) is 11.6. The summed E-state index contributed by atoms with van der Waals surface area (Å²) in [6, 6.07) is 10.2. The SMILES string of the molecule is Cc1cccc(Cn2cc(CCN)c3cccnc32)n1. The molecule has 4 nitrogen and oxygen atoms in total. The molecule has 0 amide bonds. The van der Waals surface area contributed by atoms with Crippen molar-refractivity contribution >= 4 is 11.0 Å². The van der Waals surface area contributed by atoms with Crippen LogP contribution in [0, 0.1) is 6.92 Å². The molecule has 0 aromatic carbocycles. The Labute approximate surface area is 118 Å². The fourth-order valence-corrected chi connectivity index (χ4v) is 2.53. The van der Waals surface area contributed by atoms with Gasteiger partial charge >= 0.3 is 0 Å². The highest BCUT2D eigenvalue weighted by molar-refractivity contribution is 5.80.